The van der Waals surface area contributed by atoms with E-state index in [1.807, 2.05) is 43.3 Å². The van der Waals surface area contributed by atoms with Gasteiger partial charge in [-0.05, 0) is 54.1 Å². The van der Waals surface area contributed by atoms with Crippen molar-refractivity contribution in [2.45, 2.75) is 6.92 Å². The quantitative estimate of drug-likeness (QED) is 0.358. The number of aromatic amines is 1. The maximum atomic E-state index is 13.2. The Balaban J connectivity index is 1.60. The van der Waals surface area contributed by atoms with Crippen LogP contribution < -0.4 is 15.9 Å². The molecule has 0 saturated heterocycles. The van der Waals surface area contributed by atoms with E-state index in [1.165, 1.54) is 36.5 Å². The fraction of sp³-hybridized carbons (Fsp3) is 0.0833. The van der Waals surface area contributed by atoms with Crippen molar-refractivity contribution >= 4 is 22.9 Å². The lowest BCUT2D eigenvalue weighted by atomic mass is 10.0. The van der Waals surface area contributed by atoms with Crippen LogP contribution in [0.1, 0.15) is 23.0 Å². The third-order valence-corrected chi connectivity index (χ3v) is 4.72. The first-order valence-electron chi connectivity index (χ1n) is 9.90. The topological polar surface area (TPSA) is 96.4 Å². The van der Waals surface area contributed by atoms with Gasteiger partial charge in [0.15, 0.2) is 0 Å². The van der Waals surface area contributed by atoms with Crippen LogP contribution in [0.3, 0.4) is 0 Å². The fourth-order valence-electron chi connectivity index (χ4n) is 3.25. The highest BCUT2D eigenvalue weighted by Gasteiger charge is 2.11. The number of ether oxygens (including phenoxy) is 1. The molecule has 160 valence electrons. The minimum Gasteiger partial charge on any atom is -0.493 e. The van der Waals surface area contributed by atoms with Gasteiger partial charge in [0, 0.05) is 11.1 Å². The molecule has 0 saturated carbocycles. The van der Waals surface area contributed by atoms with Gasteiger partial charge in [0.05, 0.1) is 18.5 Å². The summed E-state index contributed by atoms with van der Waals surface area (Å²) in [7, 11) is 0. The Morgan fingerprint density at radius 1 is 1.16 bits per heavy atom. The molecule has 0 aliphatic carbocycles. The normalized spacial score (nSPS) is 11.1. The zero-order chi connectivity index (χ0) is 22.5. The molecule has 1 heterocycles. The Bertz CT molecular complexity index is 1360. The summed E-state index contributed by atoms with van der Waals surface area (Å²) < 4.78 is 18.9. The standard InChI is InChI=1S/C24H19FN4O3/c1-2-32-22-12-9-15-5-3-4-6-18(15)19(22)14-26-29-23(30)21-13-20(27-24(31)28-21)16-7-10-17(25)11-8-16/h3-14H,2H2,1H3,(H,29,30)(H,27,28,31)/b26-14+. The molecule has 0 aliphatic rings. The van der Waals surface area contributed by atoms with Crippen molar-refractivity contribution in [3.05, 3.63) is 94.3 Å². The van der Waals surface area contributed by atoms with Gasteiger partial charge in [-0.1, -0.05) is 30.3 Å². The third-order valence-electron chi connectivity index (χ3n) is 4.72. The van der Waals surface area contributed by atoms with Crippen LogP contribution in [0.2, 0.25) is 0 Å². The molecule has 8 heteroatoms. The van der Waals surface area contributed by atoms with Gasteiger partial charge in [-0.15, -0.1) is 0 Å². The van der Waals surface area contributed by atoms with E-state index in [0.29, 0.717) is 17.9 Å². The Kier molecular flexibility index (Phi) is 6.03. The van der Waals surface area contributed by atoms with Gasteiger partial charge in [-0.3, -0.25) is 4.79 Å². The highest BCUT2D eigenvalue weighted by molar-refractivity contribution is 6.03. The molecule has 0 aliphatic heterocycles. The number of hydrazone groups is 1. The SMILES string of the molecule is CCOc1ccc2ccccc2c1/C=N/NC(=O)c1cc(-c2ccc(F)cc2)nc(=O)[nH]1. The lowest BCUT2D eigenvalue weighted by Gasteiger charge is -2.10. The Morgan fingerprint density at radius 2 is 1.94 bits per heavy atom. The molecular weight excluding hydrogens is 411 g/mol. The first kappa shape index (κ1) is 20.9. The Hall–Kier alpha value is -4.33. The van der Waals surface area contributed by atoms with Gasteiger partial charge in [0.25, 0.3) is 5.91 Å². The second kappa shape index (κ2) is 9.22. The number of fused-ring (bicyclic) bond motifs is 1. The van der Waals surface area contributed by atoms with Crippen molar-refractivity contribution in [1.82, 2.24) is 15.4 Å². The summed E-state index contributed by atoms with van der Waals surface area (Å²) in [5, 5.41) is 5.99. The molecular formula is C24H19FN4O3. The number of H-pyrrole nitrogens is 1. The van der Waals surface area contributed by atoms with E-state index in [9.17, 15) is 14.0 Å². The molecule has 1 amide bonds. The zero-order valence-electron chi connectivity index (χ0n) is 17.1. The van der Waals surface area contributed by atoms with E-state index in [2.05, 4.69) is 20.5 Å². The van der Waals surface area contributed by atoms with Crippen molar-refractivity contribution in [3.63, 3.8) is 0 Å². The first-order valence-corrected chi connectivity index (χ1v) is 9.90. The van der Waals surface area contributed by atoms with E-state index in [1.54, 1.807) is 0 Å². The molecule has 32 heavy (non-hydrogen) atoms. The van der Waals surface area contributed by atoms with E-state index in [4.69, 9.17) is 4.74 Å². The molecule has 0 bridgehead atoms. The number of nitrogens with zero attached hydrogens (tertiary/aromatic N) is 2. The minimum atomic E-state index is -0.700. The van der Waals surface area contributed by atoms with Crippen LogP contribution in [0.15, 0.2) is 76.6 Å². The summed E-state index contributed by atoms with van der Waals surface area (Å²) in [5.41, 5.74) is 3.16. The maximum absolute atomic E-state index is 13.2. The number of amides is 1. The van der Waals surface area contributed by atoms with Crippen LogP contribution in [0, 0.1) is 5.82 Å². The summed E-state index contributed by atoms with van der Waals surface area (Å²) in [5.74, 6) is -0.395. The van der Waals surface area contributed by atoms with Crippen molar-refractivity contribution in [3.8, 4) is 17.0 Å². The predicted octanol–water partition coefficient (Wildman–Crippen LogP) is 3.89. The number of hydrogen-bond donors (Lipinski definition) is 2. The maximum Gasteiger partial charge on any atom is 0.346 e. The van der Waals surface area contributed by atoms with Gasteiger partial charge in [-0.2, -0.15) is 10.1 Å². The van der Waals surface area contributed by atoms with Gasteiger partial charge < -0.3 is 9.72 Å². The molecule has 0 unspecified atom stereocenters. The largest absolute Gasteiger partial charge is 0.493 e. The first-order chi connectivity index (χ1) is 15.5. The minimum absolute atomic E-state index is 0.0237. The number of rotatable bonds is 6. The number of aromatic nitrogens is 2. The molecule has 0 spiro atoms. The summed E-state index contributed by atoms with van der Waals surface area (Å²) in [6, 6.07) is 18.4. The summed E-state index contributed by atoms with van der Waals surface area (Å²) in [6.07, 6.45) is 1.51. The van der Waals surface area contributed by atoms with Crippen LogP contribution >= 0.6 is 0 Å². The molecule has 1 aromatic heterocycles. The number of hydrogen-bond acceptors (Lipinski definition) is 5. The number of carbonyl (C=O) groups is 1. The van der Waals surface area contributed by atoms with Crippen molar-refractivity contribution < 1.29 is 13.9 Å². The van der Waals surface area contributed by atoms with Gasteiger partial charge in [-0.25, -0.2) is 14.6 Å². The highest BCUT2D eigenvalue weighted by Crippen LogP contribution is 2.26. The molecule has 0 atom stereocenters. The Labute approximate surface area is 182 Å². The molecule has 4 aromatic rings. The molecule has 0 radical (unpaired) electrons. The second-order valence-corrected chi connectivity index (χ2v) is 6.82. The zero-order valence-corrected chi connectivity index (χ0v) is 17.1. The summed E-state index contributed by atoms with van der Waals surface area (Å²) >= 11 is 0. The summed E-state index contributed by atoms with van der Waals surface area (Å²) in [6.45, 7) is 2.37. The molecule has 2 N–H and O–H groups in total. The van der Waals surface area contributed by atoms with Crippen molar-refractivity contribution in [2.24, 2.45) is 5.10 Å². The van der Waals surface area contributed by atoms with Crippen LogP contribution in [0.5, 0.6) is 5.75 Å². The van der Waals surface area contributed by atoms with E-state index < -0.39 is 17.4 Å². The van der Waals surface area contributed by atoms with Gasteiger partial charge in [0.2, 0.25) is 0 Å². The lowest BCUT2D eigenvalue weighted by Crippen LogP contribution is -2.24. The monoisotopic (exact) mass is 430 g/mol. The average Bonchev–Trinajstić information content (AvgIpc) is 2.80. The van der Waals surface area contributed by atoms with Crippen LogP contribution in [0.4, 0.5) is 4.39 Å². The molecule has 0 fully saturated rings. The average molecular weight is 430 g/mol. The molecule has 3 aromatic carbocycles. The Morgan fingerprint density at radius 3 is 2.72 bits per heavy atom. The number of nitrogens with one attached hydrogen (secondary N) is 2. The highest BCUT2D eigenvalue weighted by atomic mass is 19.1. The predicted molar refractivity (Wildman–Crippen MR) is 120 cm³/mol. The molecule has 4 rings (SSSR count). The number of halogens is 1. The van der Waals surface area contributed by atoms with Crippen LogP contribution in [0.25, 0.3) is 22.0 Å². The van der Waals surface area contributed by atoms with Gasteiger partial charge >= 0.3 is 5.69 Å². The smallest absolute Gasteiger partial charge is 0.346 e. The van der Waals surface area contributed by atoms with E-state index >= 15 is 0 Å². The van der Waals surface area contributed by atoms with Gasteiger partial charge in [0.1, 0.15) is 17.3 Å². The molecule has 7 nitrogen and oxygen atoms in total. The van der Waals surface area contributed by atoms with Crippen molar-refractivity contribution in [1.29, 1.82) is 0 Å². The fourth-order valence-corrected chi connectivity index (χ4v) is 3.25. The number of carbonyl (C=O) groups excluding carboxylic acids is 1. The number of benzene rings is 3. The van der Waals surface area contributed by atoms with E-state index in [0.717, 1.165) is 16.3 Å². The van der Waals surface area contributed by atoms with E-state index in [-0.39, 0.29) is 11.4 Å². The van der Waals surface area contributed by atoms with Crippen molar-refractivity contribution in [2.75, 3.05) is 6.61 Å². The van der Waals surface area contributed by atoms with Crippen LogP contribution in [-0.2, 0) is 0 Å². The summed E-state index contributed by atoms with van der Waals surface area (Å²) in [4.78, 5) is 30.8. The van der Waals surface area contributed by atoms with Crippen LogP contribution in [-0.4, -0.2) is 28.7 Å². The third kappa shape index (κ3) is 4.54. The lowest BCUT2D eigenvalue weighted by molar-refractivity contribution is 0.0949. The second-order valence-electron chi connectivity index (χ2n) is 6.82.